The van der Waals surface area contributed by atoms with E-state index in [1.54, 1.807) is 13.8 Å². The Morgan fingerprint density at radius 2 is 2.11 bits per heavy atom. The molecule has 0 bridgehead atoms. The van der Waals surface area contributed by atoms with Crippen LogP contribution in [-0.2, 0) is 4.79 Å². The Kier molecular flexibility index (Phi) is 4.47. The summed E-state index contributed by atoms with van der Waals surface area (Å²) < 4.78 is 13.5. The number of benzene rings is 1. The van der Waals surface area contributed by atoms with Gasteiger partial charge in [-0.1, -0.05) is 13.0 Å². The van der Waals surface area contributed by atoms with Crippen LogP contribution in [0.2, 0.25) is 0 Å². The molecule has 0 heterocycles. The second kappa shape index (κ2) is 5.69. The molecule has 0 aliphatic carbocycles. The lowest BCUT2D eigenvalue weighted by Crippen LogP contribution is -2.34. The van der Waals surface area contributed by atoms with Gasteiger partial charge in [-0.3, -0.25) is 9.59 Å². The first-order chi connectivity index (χ1) is 8.81. The summed E-state index contributed by atoms with van der Waals surface area (Å²) >= 11 is 0. The average Bonchev–Trinajstić information content (AvgIpc) is 2.35. The van der Waals surface area contributed by atoms with Crippen LogP contribution in [0.15, 0.2) is 18.2 Å². The zero-order valence-corrected chi connectivity index (χ0v) is 10.9. The van der Waals surface area contributed by atoms with E-state index in [4.69, 9.17) is 10.8 Å². The minimum absolute atomic E-state index is 0.0720. The van der Waals surface area contributed by atoms with Crippen LogP contribution >= 0.6 is 0 Å². The number of anilines is 1. The SMILES string of the molecule is CCC(C)(CNc1cccc(F)c1C(N)=O)C(=O)O. The maximum absolute atomic E-state index is 13.5. The molecule has 5 nitrogen and oxygen atoms in total. The number of nitrogens with two attached hydrogens (primary N) is 1. The highest BCUT2D eigenvalue weighted by Gasteiger charge is 2.31. The molecule has 0 saturated carbocycles. The molecule has 6 heteroatoms. The molecule has 0 aliphatic rings. The zero-order chi connectivity index (χ0) is 14.6. The van der Waals surface area contributed by atoms with Crippen LogP contribution in [0.4, 0.5) is 10.1 Å². The number of carbonyl (C=O) groups is 2. The van der Waals surface area contributed by atoms with E-state index in [9.17, 15) is 14.0 Å². The lowest BCUT2D eigenvalue weighted by Gasteiger charge is -2.24. The first kappa shape index (κ1) is 14.9. The van der Waals surface area contributed by atoms with Crippen molar-refractivity contribution >= 4 is 17.6 Å². The van der Waals surface area contributed by atoms with Crippen LogP contribution in [0.1, 0.15) is 30.6 Å². The number of primary amides is 1. The Labute approximate surface area is 110 Å². The van der Waals surface area contributed by atoms with Gasteiger partial charge in [0.25, 0.3) is 5.91 Å². The van der Waals surface area contributed by atoms with Crippen LogP contribution in [0.25, 0.3) is 0 Å². The van der Waals surface area contributed by atoms with Crippen LogP contribution < -0.4 is 11.1 Å². The Balaban J connectivity index is 2.98. The molecule has 1 rings (SSSR count). The van der Waals surface area contributed by atoms with Crippen molar-refractivity contribution in [3.8, 4) is 0 Å². The third-order valence-corrected chi connectivity index (χ3v) is 3.23. The lowest BCUT2D eigenvalue weighted by atomic mass is 9.87. The Morgan fingerprint density at radius 1 is 1.47 bits per heavy atom. The fourth-order valence-corrected chi connectivity index (χ4v) is 1.56. The number of carbonyl (C=O) groups excluding carboxylic acids is 1. The van der Waals surface area contributed by atoms with Gasteiger partial charge in [0.2, 0.25) is 0 Å². The minimum Gasteiger partial charge on any atom is -0.481 e. The Morgan fingerprint density at radius 3 is 2.58 bits per heavy atom. The summed E-state index contributed by atoms with van der Waals surface area (Å²) in [7, 11) is 0. The number of nitrogens with one attached hydrogen (secondary N) is 1. The van der Waals surface area contributed by atoms with Crippen LogP contribution in [0.3, 0.4) is 0 Å². The predicted octanol–water partition coefficient (Wildman–Crippen LogP) is 1.84. The molecule has 104 valence electrons. The summed E-state index contributed by atoms with van der Waals surface area (Å²) in [5, 5.41) is 11.9. The molecule has 4 N–H and O–H groups in total. The molecule has 0 spiro atoms. The molecule has 1 unspecified atom stereocenters. The van der Waals surface area contributed by atoms with Crippen LogP contribution in [0, 0.1) is 11.2 Å². The van der Waals surface area contributed by atoms with Gasteiger partial charge in [0.05, 0.1) is 11.0 Å². The molecule has 0 saturated heterocycles. The third-order valence-electron chi connectivity index (χ3n) is 3.23. The van der Waals surface area contributed by atoms with Crippen molar-refractivity contribution < 1.29 is 19.1 Å². The van der Waals surface area contributed by atoms with E-state index in [0.717, 1.165) is 6.07 Å². The molecule has 0 aromatic heterocycles. The summed E-state index contributed by atoms with van der Waals surface area (Å²) in [6.07, 6.45) is 0.399. The molecule has 0 fully saturated rings. The summed E-state index contributed by atoms with van der Waals surface area (Å²) in [6.45, 7) is 3.39. The number of hydrogen-bond donors (Lipinski definition) is 3. The fourth-order valence-electron chi connectivity index (χ4n) is 1.56. The Hall–Kier alpha value is -2.11. The number of carboxylic acids is 1. The summed E-state index contributed by atoms with van der Waals surface area (Å²) in [6, 6.07) is 4.04. The first-order valence-electron chi connectivity index (χ1n) is 5.87. The summed E-state index contributed by atoms with van der Waals surface area (Å²) in [5.74, 6) is -2.58. The van der Waals surface area contributed by atoms with Gasteiger partial charge in [-0.05, 0) is 25.5 Å². The van der Waals surface area contributed by atoms with Crippen molar-refractivity contribution in [2.24, 2.45) is 11.1 Å². The summed E-state index contributed by atoms with van der Waals surface area (Å²) in [5.41, 5.74) is 4.06. The van der Waals surface area contributed by atoms with E-state index < -0.39 is 23.1 Å². The van der Waals surface area contributed by atoms with E-state index in [1.165, 1.54) is 12.1 Å². The summed E-state index contributed by atoms with van der Waals surface area (Å²) in [4.78, 5) is 22.3. The highest BCUT2D eigenvalue weighted by molar-refractivity contribution is 5.98. The van der Waals surface area contributed by atoms with E-state index in [-0.39, 0.29) is 17.8 Å². The molecule has 19 heavy (non-hydrogen) atoms. The van der Waals surface area contributed by atoms with Gasteiger partial charge in [0.15, 0.2) is 0 Å². The molecule has 1 aromatic carbocycles. The quantitative estimate of drug-likeness (QED) is 0.734. The standard InChI is InChI=1S/C13H17FN2O3/c1-3-13(2,12(18)19)7-16-9-6-4-5-8(14)10(9)11(15)17/h4-6,16H,3,7H2,1-2H3,(H2,15,17)(H,18,19). The second-order valence-corrected chi connectivity index (χ2v) is 4.60. The molecular weight excluding hydrogens is 251 g/mol. The predicted molar refractivity (Wildman–Crippen MR) is 69.4 cm³/mol. The number of hydrogen-bond acceptors (Lipinski definition) is 3. The monoisotopic (exact) mass is 268 g/mol. The topological polar surface area (TPSA) is 92.4 Å². The fraction of sp³-hybridized carbons (Fsp3) is 0.385. The van der Waals surface area contributed by atoms with E-state index >= 15 is 0 Å². The number of amides is 1. The van der Waals surface area contributed by atoms with E-state index in [1.807, 2.05) is 0 Å². The number of aliphatic carboxylic acids is 1. The largest absolute Gasteiger partial charge is 0.481 e. The van der Waals surface area contributed by atoms with Gasteiger partial charge in [-0.15, -0.1) is 0 Å². The maximum Gasteiger partial charge on any atom is 0.311 e. The van der Waals surface area contributed by atoms with Crippen molar-refractivity contribution in [3.63, 3.8) is 0 Å². The molecule has 0 radical (unpaired) electrons. The van der Waals surface area contributed by atoms with Crippen molar-refractivity contribution in [1.82, 2.24) is 0 Å². The van der Waals surface area contributed by atoms with Gasteiger partial charge in [0, 0.05) is 12.2 Å². The second-order valence-electron chi connectivity index (χ2n) is 4.60. The van der Waals surface area contributed by atoms with Crippen molar-refractivity contribution in [2.75, 3.05) is 11.9 Å². The van der Waals surface area contributed by atoms with Crippen LogP contribution in [0.5, 0.6) is 0 Å². The lowest BCUT2D eigenvalue weighted by molar-refractivity contribution is -0.147. The molecule has 1 aromatic rings. The van der Waals surface area contributed by atoms with Gasteiger partial charge in [0.1, 0.15) is 5.82 Å². The van der Waals surface area contributed by atoms with Gasteiger partial charge >= 0.3 is 5.97 Å². The van der Waals surface area contributed by atoms with E-state index in [0.29, 0.717) is 6.42 Å². The Bertz CT molecular complexity index is 505. The molecule has 1 atom stereocenters. The zero-order valence-electron chi connectivity index (χ0n) is 10.9. The average molecular weight is 268 g/mol. The van der Waals surface area contributed by atoms with Crippen LogP contribution in [-0.4, -0.2) is 23.5 Å². The van der Waals surface area contributed by atoms with Crippen molar-refractivity contribution in [3.05, 3.63) is 29.6 Å². The minimum atomic E-state index is -0.999. The maximum atomic E-state index is 13.5. The first-order valence-corrected chi connectivity index (χ1v) is 5.87. The van der Waals surface area contributed by atoms with Crippen molar-refractivity contribution in [2.45, 2.75) is 20.3 Å². The van der Waals surface area contributed by atoms with Gasteiger partial charge in [-0.2, -0.15) is 0 Å². The van der Waals surface area contributed by atoms with Crippen molar-refractivity contribution in [1.29, 1.82) is 0 Å². The third kappa shape index (κ3) is 3.21. The van der Waals surface area contributed by atoms with E-state index in [2.05, 4.69) is 5.32 Å². The highest BCUT2D eigenvalue weighted by atomic mass is 19.1. The number of halogens is 1. The molecule has 0 aliphatic heterocycles. The normalized spacial score (nSPS) is 13.6. The molecule has 1 amide bonds. The smallest absolute Gasteiger partial charge is 0.311 e. The number of rotatable bonds is 6. The van der Waals surface area contributed by atoms with Gasteiger partial charge in [-0.25, -0.2) is 4.39 Å². The molecular formula is C13H17FN2O3. The van der Waals surface area contributed by atoms with Gasteiger partial charge < -0.3 is 16.2 Å². The number of carboxylic acid groups (broad SMARTS) is 1. The highest BCUT2D eigenvalue weighted by Crippen LogP contribution is 2.24.